The smallest absolute Gasteiger partial charge is 0.217 e. The highest BCUT2D eigenvalue weighted by molar-refractivity contribution is 5.85. The van der Waals surface area contributed by atoms with Crippen LogP contribution in [-0.4, -0.2) is 16.9 Å². The van der Waals surface area contributed by atoms with E-state index in [1.165, 1.54) is 0 Å². The molecular formula is C4H14ClNO3. The molecule has 0 aromatic carbocycles. The first-order chi connectivity index (χ1) is 2.77. The Balaban J connectivity index is -0.0000000417. The predicted octanol–water partition coefficient (Wildman–Crippen LogP) is -0.956. The van der Waals surface area contributed by atoms with Crippen LogP contribution in [0.5, 0.6) is 0 Å². The van der Waals surface area contributed by atoms with Gasteiger partial charge in [-0.15, -0.1) is 12.4 Å². The van der Waals surface area contributed by atoms with Gasteiger partial charge >= 0.3 is 0 Å². The SMILES string of the molecule is CCCC(N)=O.Cl.O.O. The van der Waals surface area contributed by atoms with Gasteiger partial charge < -0.3 is 16.7 Å². The van der Waals surface area contributed by atoms with E-state index in [1.807, 2.05) is 6.92 Å². The van der Waals surface area contributed by atoms with Gasteiger partial charge in [0, 0.05) is 6.42 Å². The van der Waals surface area contributed by atoms with Gasteiger partial charge in [-0.1, -0.05) is 6.92 Å². The monoisotopic (exact) mass is 159 g/mol. The van der Waals surface area contributed by atoms with Crippen molar-refractivity contribution < 1.29 is 15.7 Å². The molecule has 0 radical (unpaired) electrons. The number of carbonyl (C=O) groups is 1. The van der Waals surface area contributed by atoms with Crippen LogP contribution in [0.2, 0.25) is 0 Å². The Labute approximate surface area is 60.5 Å². The van der Waals surface area contributed by atoms with E-state index < -0.39 is 0 Å². The van der Waals surface area contributed by atoms with Crippen LogP contribution in [0, 0.1) is 0 Å². The lowest BCUT2D eigenvalue weighted by Crippen LogP contribution is -2.08. The summed E-state index contributed by atoms with van der Waals surface area (Å²) in [6.07, 6.45) is 1.37. The second-order valence-corrected chi connectivity index (χ2v) is 1.22. The fourth-order valence-electron chi connectivity index (χ4n) is 0.246. The summed E-state index contributed by atoms with van der Waals surface area (Å²) in [6.45, 7) is 1.92. The molecule has 0 aromatic heterocycles. The number of hydrogen-bond donors (Lipinski definition) is 1. The van der Waals surface area contributed by atoms with Crippen molar-refractivity contribution in [2.75, 3.05) is 0 Å². The van der Waals surface area contributed by atoms with Crippen molar-refractivity contribution in [2.45, 2.75) is 19.8 Å². The van der Waals surface area contributed by atoms with Crippen LogP contribution in [-0.2, 0) is 4.79 Å². The second-order valence-electron chi connectivity index (χ2n) is 1.22. The molecule has 1 amide bonds. The van der Waals surface area contributed by atoms with E-state index in [9.17, 15) is 4.79 Å². The highest BCUT2D eigenvalue weighted by Crippen LogP contribution is 1.79. The van der Waals surface area contributed by atoms with Crippen molar-refractivity contribution in [2.24, 2.45) is 5.73 Å². The normalized spacial score (nSPS) is 5.44. The van der Waals surface area contributed by atoms with Crippen molar-refractivity contribution in [3.8, 4) is 0 Å². The molecule has 0 unspecified atom stereocenters. The molecule has 4 nitrogen and oxygen atoms in total. The summed E-state index contributed by atoms with van der Waals surface area (Å²) >= 11 is 0. The van der Waals surface area contributed by atoms with Gasteiger partial charge in [-0.2, -0.15) is 0 Å². The van der Waals surface area contributed by atoms with E-state index in [4.69, 9.17) is 5.73 Å². The third-order valence-corrected chi connectivity index (χ3v) is 0.496. The maximum Gasteiger partial charge on any atom is 0.217 e. The zero-order chi connectivity index (χ0) is 4.99. The molecule has 0 spiro atoms. The molecule has 0 aliphatic carbocycles. The molecule has 0 saturated heterocycles. The molecule has 0 atom stereocenters. The van der Waals surface area contributed by atoms with Crippen LogP contribution in [0.15, 0.2) is 0 Å². The van der Waals surface area contributed by atoms with E-state index in [1.54, 1.807) is 0 Å². The Morgan fingerprint density at radius 3 is 1.78 bits per heavy atom. The second kappa shape index (κ2) is 15.6. The molecular weight excluding hydrogens is 146 g/mol. The largest absolute Gasteiger partial charge is 0.412 e. The first kappa shape index (κ1) is 23.4. The zero-order valence-electron chi connectivity index (χ0n) is 5.31. The molecule has 0 aromatic rings. The minimum atomic E-state index is -0.211. The van der Waals surface area contributed by atoms with Gasteiger partial charge in [0.1, 0.15) is 0 Å². The van der Waals surface area contributed by atoms with Crippen LogP contribution in [0.3, 0.4) is 0 Å². The average molecular weight is 160 g/mol. The molecule has 5 heteroatoms. The van der Waals surface area contributed by atoms with Crippen molar-refractivity contribution in [1.82, 2.24) is 0 Å². The minimum Gasteiger partial charge on any atom is -0.412 e. The topological polar surface area (TPSA) is 106 Å². The predicted molar refractivity (Wildman–Crippen MR) is 38.6 cm³/mol. The average Bonchev–Trinajstić information content (AvgIpc) is 1.35. The van der Waals surface area contributed by atoms with Gasteiger partial charge in [0.2, 0.25) is 5.91 Å². The van der Waals surface area contributed by atoms with Crippen molar-refractivity contribution >= 4 is 18.3 Å². The third-order valence-electron chi connectivity index (χ3n) is 0.496. The molecule has 0 aliphatic heterocycles. The summed E-state index contributed by atoms with van der Waals surface area (Å²) in [5, 5.41) is 0. The quantitative estimate of drug-likeness (QED) is 0.551. The van der Waals surface area contributed by atoms with Crippen LogP contribution in [0.25, 0.3) is 0 Å². The minimum absolute atomic E-state index is 0. The van der Waals surface area contributed by atoms with E-state index in [2.05, 4.69) is 0 Å². The van der Waals surface area contributed by atoms with E-state index in [0.717, 1.165) is 6.42 Å². The van der Waals surface area contributed by atoms with Gasteiger partial charge in [0.15, 0.2) is 0 Å². The summed E-state index contributed by atoms with van der Waals surface area (Å²) in [5.74, 6) is -0.211. The Bertz CT molecular complexity index is 59.8. The Hall–Kier alpha value is -0.320. The molecule has 0 fully saturated rings. The van der Waals surface area contributed by atoms with Gasteiger partial charge in [-0.25, -0.2) is 0 Å². The van der Waals surface area contributed by atoms with E-state index >= 15 is 0 Å². The van der Waals surface area contributed by atoms with Gasteiger partial charge in [-0.3, -0.25) is 4.79 Å². The number of primary amides is 1. The number of carbonyl (C=O) groups excluding carboxylic acids is 1. The molecule has 6 N–H and O–H groups in total. The lowest BCUT2D eigenvalue weighted by molar-refractivity contribution is -0.118. The van der Waals surface area contributed by atoms with Crippen LogP contribution >= 0.6 is 12.4 Å². The van der Waals surface area contributed by atoms with Crippen molar-refractivity contribution in [1.29, 1.82) is 0 Å². The first-order valence-electron chi connectivity index (χ1n) is 2.05. The van der Waals surface area contributed by atoms with E-state index in [-0.39, 0.29) is 29.3 Å². The Morgan fingerprint density at radius 1 is 1.44 bits per heavy atom. The molecule has 9 heavy (non-hydrogen) atoms. The number of rotatable bonds is 2. The molecule has 0 saturated carbocycles. The molecule has 0 rings (SSSR count). The summed E-state index contributed by atoms with van der Waals surface area (Å²) in [7, 11) is 0. The number of amides is 1. The summed E-state index contributed by atoms with van der Waals surface area (Å²) in [5.41, 5.74) is 4.76. The summed E-state index contributed by atoms with van der Waals surface area (Å²) < 4.78 is 0. The standard InChI is InChI=1S/C4H9NO.ClH.2H2O/c1-2-3-4(5)6;;;/h2-3H2,1H3,(H2,5,6);1H;2*1H2. The highest BCUT2D eigenvalue weighted by atomic mass is 35.5. The molecule has 60 valence electrons. The zero-order valence-corrected chi connectivity index (χ0v) is 6.12. The number of hydrogen-bond acceptors (Lipinski definition) is 1. The molecule has 0 bridgehead atoms. The van der Waals surface area contributed by atoms with Gasteiger partial charge in [0.05, 0.1) is 0 Å². The summed E-state index contributed by atoms with van der Waals surface area (Å²) in [4.78, 5) is 9.82. The molecule has 0 aliphatic rings. The third kappa shape index (κ3) is 34.5. The fraction of sp³-hybridized carbons (Fsp3) is 0.750. The lowest BCUT2D eigenvalue weighted by atomic mass is 10.3. The maximum absolute atomic E-state index is 9.82. The lowest BCUT2D eigenvalue weighted by Gasteiger charge is -1.81. The first-order valence-corrected chi connectivity index (χ1v) is 2.05. The van der Waals surface area contributed by atoms with Crippen LogP contribution in [0.4, 0.5) is 0 Å². The van der Waals surface area contributed by atoms with E-state index in [0.29, 0.717) is 6.42 Å². The Kier molecular flexibility index (Phi) is 40.6. The Morgan fingerprint density at radius 2 is 1.78 bits per heavy atom. The molecule has 0 heterocycles. The van der Waals surface area contributed by atoms with Crippen molar-refractivity contribution in [3.05, 3.63) is 0 Å². The van der Waals surface area contributed by atoms with Gasteiger partial charge in [0.25, 0.3) is 0 Å². The number of halogens is 1. The van der Waals surface area contributed by atoms with Crippen molar-refractivity contribution in [3.63, 3.8) is 0 Å². The maximum atomic E-state index is 9.82. The highest BCUT2D eigenvalue weighted by Gasteiger charge is 1.84. The summed E-state index contributed by atoms with van der Waals surface area (Å²) in [6, 6.07) is 0. The van der Waals surface area contributed by atoms with Crippen LogP contribution < -0.4 is 5.73 Å². The number of nitrogens with two attached hydrogens (primary N) is 1. The van der Waals surface area contributed by atoms with Crippen LogP contribution in [0.1, 0.15) is 19.8 Å². The fourth-order valence-corrected chi connectivity index (χ4v) is 0.246. The van der Waals surface area contributed by atoms with Gasteiger partial charge in [-0.05, 0) is 6.42 Å².